The van der Waals surface area contributed by atoms with E-state index in [0.29, 0.717) is 5.65 Å². The summed E-state index contributed by atoms with van der Waals surface area (Å²) in [6, 6.07) is 0.182. The molecule has 1 atom stereocenters. The van der Waals surface area contributed by atoms with E-state index in [1.807, 2.05) is 0 Å². The molecular weight excluding hydrogens is 308 g/mol. The number of rotatable bonds is 7. The molecule has 0 saturated carbocycles. The third kappa shape index (κ3) is 4.00. The summed E-state index contributed by atoms with van der Waals surface area (Å²) in [7, 11) is 5.48. The molecule has 132 valence electrons. The fourth-order valence-corrected chi connectivity index (χ4v) is 2.66. The van der Waals surface area contributed by atoms with Crippen LogP contribution in [0.3, 0.4) is 0 Å². The number of anilines is 1. The van der Waals surface area contributed by atoms with Crippen molar-refractivity contribution in [3.8, 4) is 0 Å². The van der Waals surface area contributed by atoms with Crippen molar-refractivity contribution in [1.29, 1.82) is 0 Å². The van der Waals surface area contributed by atoms with Gasteiger partial charge in [-0.15, -0.1) is 0 Å². The maximum Gasteiger partial charge on any atom is 0.327 e. The molecule has 2 rings (SSSR count). The monoisotopic (exact) mass is 334 g/mol. The van der Waals surface area contributed by atoms with Gasteiger partial charge in [0, 0.05) is 12.6 Å². The molecule has 0 fully saturated rings. The SMILES string of the molecule is COC(=O)Cn1ncc2c(N[C@H](C)C(C)(C)CN(C)C)ncnc21. The van der Waals surface area contributed by atoms with Crippen LogP contribution in [0.4, 0.5) is 5.82 Å². The standard InChI is InChI=1S/C16H26N6O2/c1-11(16(2,3)9-21(4)5)20-14-12-7-19-22(8-13(23)24-6)15(12)18-10-17-14/h7,10-11H,8-9H2,1-6H3,(H,17,18,20)/t11-/m1/s1. The van der Waals surface area contributed by atoms with Gasteiger partial charge in [0.15, 0.2) is 5.65 Å². The van der Waals surface area contributed by atoms with Gasteiger partial charge in [-0.25, -0.2) is 14.6 Å². The number of aromatic nitrogens is 4. The lowest BCUT2D eigenvalue weighted by Gasteiger charge is -2.35. The second-order valence-corrected chi connectivity index (χ2v) is 6.93. The highest BCUT2D eigenvalue weighted by Crippen LogP contribution is 2.26. The Balaban J connectivity index is 2.25. The number of hydrogen-bond acceptors (Lipinski definition) is 7. The first-order valence-electron chi connectivity index (χ1n) is 7.89. The molecule has 0 aliphatic heterocycles. The van der Waals surface area contributed by atoms with Crippen LogP contribution in [0.15, 0.2) is 12.5 Å². The third-order valence-corrected chi connectivity index (χ3v) is 4.19. The zero-order valence-corrected chi connectivity index (χ0v) is 15.2. The zero-order chi connectivity index (χ0) is 17.9. The van der Waals surface area contributed by atoms with Crippen LogP contribution >= 0.6 is 0 Å². The summed E-state index contributed by atoms with van der Waals surface area (Å²) in [5.74, 6) is 0.351. The molecule has 8 nitrogen and oxygen atoms in total. The van der Waals surface area contributed by atoms with E-state index in [-0.39, 0.29) is 24.0 Å². The number of carbonyl (C=O) groups excluding carboxylic acids is 1. The number of esters is 1. The summed E-state index contributed by atoms with van der Waals surface area (Å²) in [5, 5.41) is 8.48. The van der Waals surface area contributed by atoms with E-state index in [1.165, 1.54) is 18.1 Å². The molecule has 0 bridgehead atoms. The number of hydrogen-bond donors (Lipinski definition) is 1. The minimum Gasteiger partial charge on any atom is -0.468 e. The molecule has 0 spiro atoms. The van der Waals surface area contributed by atoms with Gasteiger partial charge in [-0.3, -0.25) is 4.79 Å². The van der Waals surface area contributed by atoms with Gasteiger partial charge in [0.2, 0.25) is 0 Å². The van der Waals surface area contributed by atoms with Crippen molar-refractivity contribution in [2.45, 2.75) is 33.4 Å². The maximum absolute atomic E-state index is 11.5. The molecule has 0 aliphatic rings. The first-order chi connectivity index (χ1) is 11.2. The van der Waals surface area contributed by atoms with E-state index in [1.54, 1.807) is 6.20 Å². The van der Waals surface area contributed by atoms with Crippen LogP contribution < -0.4 is 5.32 Å². The average Bonchev–Trinajstić information content (AvgIpc) is 2.90. The van der Waals surface area contributed by atoms with Crippen LogP contribution in [0.2, 0.25) is 0 Å². The molecule has 8 heteroatoms. The lowest BCUT2D eigenvalue weighted by atomic mass is 9.85. The van der Waals surface area contributed by atoms with Crippen LogP contribution in [0, 0.1) is 5.41 Å². The molecule has 2 aromatic heterocycles. The minimum absolute atomic E-state index is 0.0259. The lowest BCUT2D eigenvalue weighted by molar-refractivity contribution is -0.141. The summed E-state index contributed by atoms with van der Waals surface area (Å²) >= 11 is 0. The van der Waals surface area contributed by atoms with Crippen molar-refractivity contribution in [2.75, 3.05) is 33.1 Å². The maximum atomic E-state index is 11.5. The summed E-state index contributed by atoms with van der Waals surface area (Å²) in [5.41, 5.74) is 0.651. The third-order valence-electron chi connectivity index (χ3n) is 4.19. The molecule has 0 aromatic carbocycles. The van der Waals surface area contributed by atoms with Gasteiger partial charge in [-0.2, -0.15) is 5.10 Å². The number of ether oxygens (including phenoxy) is 1. The first-order valence-corrected chi connectivity index (χ1v) is 7.89. The largest absolute Gasteiger partial charge is 0.468 e. The lowest BCUT2D eigenvalue weighted by Crippen LogP contribution is -2.41. The van der Waals surface area contributed by atoms with Crippen LogP contribution in [0.1, 0.15) is 20.8 Å². The number of methoxy groups -OCH3 is 1. The number of nitrogens with one attached hydrogen (secondary N) is 1. The van der Waals surface area contributed by atoms with Gasteiger partial charge in [0.1, 0.15) is 18.7 Å². The van der Waals surface area contributed by atoms with Gasteiger partial charge in [0.25, 0.3) is 0 Å². The average molecular weight is 334 g/mol. The summed E-state index contributed by atoms with van der Waals surface area (Å²) in [6.07, 6.45) is 3.15. The minimum atomic E-state index is -0.367. The Hall–Kier alpha value is -2.22. The molecule has 0 radical (unpaired) electrons. The molecule has 0 unspecified atom stereocenters. The van der Waals surface area contributed by atoms with E-state index in [0.717, 1.165) is 17.7 Å². The van der Waals surface area contributed by atoms with Crippen molar-refractivity contribution in [3.63, 3.8) is 0 Å². The highest BCUT2D eigenvalue weighted by molar-refractivity contribution is 5.87. The van der Waals surface area contributed by atoms with Crippen LogP contribution in [0.25, 0.3) is 11.0 Å². The first kappa shape index (κ1) is 18.1. The zero-order valence-electron chi connectivity index (χ0n) is 15.2. The van der Waals surface area contributed by atoms with Crippen molar-refractivity contribution in [1.82, 2.24) is 24.6 Å². The predicted molar refractivity (Wildman–Crippen MR) is 92.8 cm³/mol. The Morgan fingerprint density at radius 1 is 1.42 bits per heavy atom. The molecular formula is C16H26N6O2. The Kier molecular flexibility index (Phi) is 5.38. The summed E-state index contributed by atoms with van der Waals surface area (Å²) in [6.45, 7) is 7.53. The molecule has 2 heterocycles. The van der Waals surface area contributed by atoms with Gasteiger partial charge < -0.3 is 15.0 Å². The highest BCUT2D eigenvalue weighted by atomic mass is 16.5. The smallest absolute Gasteiger partial charge is 0.327 e. The Bertz CT molecular complexity index is 710. The van der Waals surface area contributed by atoms with Gasteiger partial charge in [0.05, 0.1) is 18.7 Å². The van der Waals surface area contributed by atoms with E-state index >= 15 is 0 Å². The van der Waals surface area contributed by atoms with Crippen molar-refractivity contribution < 1.29 is 9.53 Å². The van der Waals surface area contributed by atoms with Crippen molar-refractivity contribution in [3.05, 3.63) is 12.5 Å². The van der Waals surface area contributed by atoms with Gasteiger partial charge >= 0.3 is 5.97 Å². The molecule has 0 amide bonds. The molecule has 0 aliphatic carbocycles. The van der Waals surface area contributed by atoms with Crippen LogP contribution in [0.5, 0.6) is 0 Å². The Labute approximate surface area is 142 Å². The second-order valence-electron chi connectivity index (χ2n) is 6.93. The van der Waals surface area contributed by atoms with Crippen LogP contribution in [-0.2, 0) is 16.1 Å². The fraction of sp³-hybridized carbons (Fsp3) is 0.625. The molecule has 24 heavy (non-hydrogen) atoms. The van der Waals surface area contributed by atoms with E-state index in [2.05, 4.69) is 64.9 Å². The topological polar surface area (TPSA) is 85.2 Å². The quantitative estimate of drug-likeness (QED) is 0.766. The number of carbonyl (C=O) groups is 1. The number of fused-ring (bicyclic) bond motifs is 1. The van der Waals surface area contributed by atoms with Gasteiger partial charge in [-0.05, 0) is 26.4 Å². The number of nitrogens with zero attached hydrogens (tertiary/aromatic N) is 5. The molecule has 2 aromatic rings. The molecule has 1 N–H and O–H groups in total. The van der Waals surface area contributed by atoms with E-state index in [9.17, 15) is 4.79 Å². The van der Waals surface area contributed by atoms with Crippen LogP contribution in [-0.4, -0.2) is 64.4 Å². The van der Waals surface area contributed by atoms with Crippen molar-refractivity contribution >= 4 is 22.8 Å². The van der Waals surface area contributed by atoms with Crippen molar-refractivity contribution in [2.24, 2.45) is 5.41 Å². The van der Waals surface area contributed by atoms with Gasteiger partial charge in [-0.1, -0.05) is 13.8 Å². The summed E-state index contributed by atoms with van der Waals surface area (Å²) < 4.78 is 6.20. The Morgan fingerprint density at radius 2 is 2.12 bits per heavy atom. The summed E-state index contributed by atoms with van der Waals surface area (Å²) in [4.78, 5) is 22.2. The van der Waals surface area contributed by atoms with E-state index in [4.69, 9.17) is 0 Å². The molecule has 0 saturated heterocycles. The van der Waals surface area contributed by atoms with E-state index < -0.39 is 0 Å². The predicted octanol–water partition coefficient (Wildman–Crippen LogP) is 1.39. The highest BCUT2D eigenvalue weighted by Gasteiger charge is 2.27. The Morgan fingerprint density at radius 3 is 2.75 bits per heavy atom. The second kappa shape index (κ2) is 7.12. The normalized spacial score (nSPS) is 13.3. The fourth-order valence-electron chi connectivity index (χ4n) is 2.66.